The van der Waals surface area contributed by atoms with E-state index < -0.39 is 19.9 Å². The number of nitrogens with zero attached hydrogens (tertiary/aromatic N) is 1. The monoisotopic (exact) mass is 229 g/mol. The van der Waals surface area contributed by atoms with E-state index in [1.165, 1.54) is 0 Å². The van der Waals surface area contributed by atoms with Crippen molar-refractivity contribution in [3.05, 3.63) is 0 Å². The summed E-state index contributed by atoms with van der Waals surface area (Å²) in [4.78, 5) is 13.8. The molecule has 0 aromatic carbocycles. The Morgan fingerprint density at radius 2 is 1.93 bits per heavy atom. The molecule has 0 aromatic rings. The third-order valence-electron chi connectivity index (χ3n) is 3.69. The van der Waals surface area contributed by atoms with Crippen molar-refractivity contribution >= 4 is 14.8 Å². The highest BCUT2D eigenvalue weighted by Crippen LogP contribution is 2.43. The molecule has 1 aliphatic heterocycles. The van der Waals surface area contributed by atoms with Gasteiger partial charge in [0.2, 0.25) is 0 Å². The summed E-state index contributed by atoms with van der Waals surface area (Å²) >= 11 is 0. The fourth-order valence-electron chi connectivity index (χ4n) is 3.00. The molecule has 0 spiro atoms. The summed E-state index contributed by atoms with van der Waals surface area (Å²) < 4.78 is 0. The standard InChI is InChI=1S/C11H23NO2Si/c1-8-7-12(10(2,3)4)11(8,9(13)14)15(5)6/h8,15H,7H2,1-6H3,(H,13,14)/t8-,11+/m1/s1. The number of aliphatic carboxylic acids is 1. The first-order valence-electron chi connectivity index (χ1n) is 5.66. The van der Waals surface area contributed by atoms with Crippen LogP contribution in [0.3, 0.4) is 0 Å². The number of carbonyl (C=O) groups is 1. The van der Waals surface area contributed by atoms with Gasteiger partial charge in [-0.15, -0.1) is 0 Å². The predicted octanol–water partition coefficient (Wildman–Crippen LogP) is 1.59. The molecule has 1 heterocycles. The normalized spacial score (nSPS) is 32.9. The van der Waals surface area contributed by atoms with Gasteiger partial charge in [0.1, 0.15) is 5.16 Å². The highest BCUT2D eigenvalue weighted by Gasteiger charge is 2.61. The first-order chi connectivity index (χ1) is 6.65. The number of hydrogen-bond acceptors (Lipinski definition) is 2. The third kappa shape index (κ3) is 1.64. The van der Waals surface area contributed by atoms with Crippen LogP contribution in [0.4, 0.5) is 0 Å². The van der Waals surface area contributed by atoms with Gasteiger partial charge in [-0.1, -0.05) is 20.0 Å². The van der Waals surface area contributed by atoms with E-state index in [0.717, 1.165) is 6.54 Å². The van der Waals surface area contributed by atoms with Gasteiger partial charge in [0.15, 0.2) is 0 Å². The molecule has 0 unspecified atom stereocenters. The summed E-state index contributed by atoms with van der Waals surface area (Å²) in [7, 11) is -1.26. The summed E-state index contributed by atoms with van der Waals surface area (Å²) in [6.45, 7) is 13.6. The lowest BCUT2D eigenvalue weighted by Gasteiger charge is -2.62. The minimum atomic E-state index is -1.26. The zero-order chi connectivity index (χ0) is 12.0. The van der Waals surface area contributed by atoms with Crippen LogP contribution in [0.25, 0.3) is 0 Å². The van der Waals surface area contributed by atoms with Crippen molar-refractivity contribution in [2.75, 3.05) is 6.54 Å². The second-order valence-corrected chi connectivity index (χ2v) is 9.16. The highest BCUT2D eigenvalue weighted by molar-refractivity contribution is 6.64. The van der Waals surface area contributed by atoms with Crippen LogP contribution >= 0.6 is 0 Å². The minimum Gasteiger partial charge on any atom is -0.480 e. The Hall–Kier alpha value is -0.353. The smallest absolute Gasteiger partial charge is 0.320 e. The molecule has 3 nitrogen and oxygen atoms in total. The molecule has 1 saturated heterocycles. The van der Waals surface area contributed by atoms with E-state index in [-0.39, 0.29) is 5.54 Å². The number of rotatable bonds is 2. The summed E-state index contributed by atoms with van der Waals surface area (Å²) in [6, 6.07) is 0. The largest absolute Gasteiger partial charge is 0.480 e. The molecule has 0 aliphatic carbocycles. The number of carboxylic acid groups (broad SMARTS) is 1. The average molecular weight is 229 g/mol. The zero-order valence-corrected chi connectivity index (χ0v) is 11.8. The van der Waals surface area contributed by atoms with Crippen molar-refractivity contribution < 1.29 is 9.90 Å². The zero-order valence-electron chi connectivity index (χ0n) is 10.7. The van der Waals surface area contributed by atoms with Crippen LogP contribution in [-0.2, 0) is 4.79 Å². The lowest BCUT2D eigenvalue weighted by Crippen LogP contribution is -2.79. The molecule has 4 heteroatoms. The lowest BCUT2D eigenvalue weighted by atomic mass is 9.83. The second-order valence-electron chi connectivity index (χ2n) is 5.97. The maximum atomic E-state index is 11.6. The maximum absolute atomic E-state index is 11.6. The van der Waals surface area contributed by atoms with Gasteiger partial charge in [-0.3, -0.25) is 9.69 Å². The van der Waals surface area contributed by atoms with Gasteiger partial charge >= 0.3 is 5.97 Å². The number of hydrogen-bond donors (Lipinski definition) is 1. The van der Waals surface area contributed by atoms with Crippen molar-refractivity contribution in [3.63, 3.8) is 0 Å². The average Bonchev–Trinajstić information content (AvgIpc) is 1.96. The van der Waals surface area contributed by atoms with Crippen LogP contribution in [0.1, 0.15) is 27.7 Å². The SMILES string of the molecule is C[C@@H]1CN(C(C)(C)C)[C@]1(C(=O)O)[SiH](C)C. The van der Waals surface area contributed by atoms with E-state index in [9.17, 15) is 9.90 Å². The third-order valence-corrected chi connectivity index (χ3v) is 6.57. The summed E-state index contributed by atoms with van der Waals surface area (Å²) in [5.41, 5.74) is -0.0395. The topological polar surface area (TPSA) is 40.5 Å². The van der Waals surface area contributed by atoms with Gasteiger partial charge in [-0.2, -0.15) is 0 Å². The molecular weight excluding hydrogens is 206 g/mol. The summed E-state index contributed by atoms with van der Waals surface area (Å²) in [5.74, 6) is -0.321. The van der Waals surface area contributed by atoms with E-state index >= 15 is 0 Å². The molecule has 1 fully saturated rings. The molecule has 1 aliphatic rings. The summed E-state index contributed by atoms with van der Waals surface area (Å²) in [6.07, 6.45) is 0. The van der Waals surface area contributed by atoms with Crippen LogP contribution in [0, 0.1) is 5.92 Å². The minimum absolute atomic E-state index is 0.0395. The van der Waals surface area contributed by atoms with Gasteiger partial charge < -0.3 is 5.11 Å². The molecule has 0 bridgehead atoms. The van der Waals surface area contributed by atoms with E-state index in [2.05, 4.69) is 45.7 Å². The van der Waals surface area contributed by atoms with Gasteiger partial charge in [0.05, 0.1) is 8.80 Å². The van der Waals surface area contributed by atoms with Crippen molar-refractivity contribution in [1.82, 2.24) is 4.90 Å². The van der Waals surface area contributed by atoms with Crippen molar-refractivity contribution in [2.45, 2.75) is 51.5 Å². The quantitative estimate of drug-likeness (QED) is 0.731. The Morgan fingerprint density at radius 3 is 2.07 bits per heavy atom. The molecule has 88 valence electrons. The van der Waals surface area contributed by atoms with Crippen molar-refractivity contribution in [3.8, 4) is 0 Å². The van der Waals surface area contributed by atoms with E-state index in [1.807, 2.05) is 0 Å². The number of likely N-dealkylation sites (tertiary alicyclic amines) is 1. The van der Waals surface area contributed by atoms with Crippen LogP contribution in [-0.4, -0.2) is 42.0 Å². The molecule has 0 amide bonds. The summed E-state index contributed by atoms with van der Waals surface area (Å²) in [5, 5.41) is 9.02. The Kier molecular flexibility index (Phi) is 3.05. The molecule has 0 radical (unpaired) electrons. The van der Waals surface area contributed by atoms with Crippen LogP contribution in [0.15, 0.2) is 0 Å². The first kappa shape index (κ1) is 12.7. The Balaban J connectivity index is 3.10. The molecule has 0 aromatic heterocycles. The predicted molar refractivity (Wildman–Crippen MR) is 64.9 cm³/mol. The highest BCUT2D eigenvalue weighted by atomic mass is 28.3. The maximum Gasteiger partial charge on any atom is 0.320 e. The first-order valence-corrected chi connectivity index (χ1v) is 8.55. The Labute approximate surface area is 94.1 Å². The fourth-order valence-corrected chi connectivity index (χ4v) is 5.85. The molecule has 0 saturated carbocycles. The van der Waals surface area contributed by atoms with E-state index in [1.54, 1.807) is 0 Å². The lowest BCUT2D eigenvalue weighted by molar-refractivity contribution is -0.168. The van der Waals surface area contributed by atoms with Crippen LogP contribution in [0.5, 0.6) is 0 Å². The van der Waals surface area contributed by atoms with Crippen molar-refractivity contribution in [2.24, 2.45) is 5.92 Å². The Bertz CT molecular complexity index is 265. The van der Waals surface area contributed by atoms with E-state index in [0.29, 0.717) is 5.92 Å². The molecule has 2 atom stereocenters. The fraction of sp³-hybridized carbons (Fsp3) is 0.909. The van der Waals surface area contributed by atoms with Crippen molar-refractivity contribution in [1.29, 1.82) is 0 Å². The second kappa shape index (κ2) is 3.59. The number of carboxylic acids is 1. The van der Waals surface area contributed by atoms with Gasteiger partial charge in [-0.05, 0) is 26.7 Å². The van der Waals surface area contributed by atoms with Gasteiger partial charge in [0.25, 0.3) is 0 Å². The van der Waals surface area contributed by atoms with Gasteiger partial charge in [0, 0.05) is 12.1 Å². The Morgan fingerprint density at radius 1 is 1.47 bits per heavy atom. The van der Waals surface area contributed by atoms with E-state index in [4.69, 9.17) is 0 Å². The molecule has 15 heavy (non-hydrogen) atoms. The van der Waals surface area contributed by atoms with Gasteiger partial charge in [-0.25, -0.2) is 0 Å². The van der Waals surface area contributed by atoms with Crippen LogP contribution < -0.4 is 0 Å². The molecular formula is C11H23NO2Si. The molecule has 1 rings (SSSR count). The van der Waals surface area contributed by atoms with Crippen LogP contribution in [0.2, 0.25) is 13.1 Å². The molecule has 1 N–H and O–H groups in total.